The van der Waals surface area contributed by atoms with Crippen LogP contribution in [0.25, 0.3) is 6.08 Å². The SMILES string of the molecule is C=Cc1ccc2c(n1)CCN(C(=O)O)CC2. The average molecular weight is 218 g/mol. The Labute approximate surface area is 94.2 Å². The normalized spacial score (nSPS) is 15.1. The van der Waals surface area contributed by atoms with E-state index in [2.05, 4.69) is 11.6 Å². The maximum Gasteiger partial charge on any atom is 0.407 e. The van der Waals surface area contributed by atoms with Gasteiger partial charge in [0.05, 0.1) is 5.69 Å². The van der Waals surface area contributed by atoms with Gasteiger partial charge in [-0.15, -0.1) is 0 Å². The van der Waals surface area contributed by atoms with Crippen molar-refractivity contribution in [2.75, 3.05) is 13.1 Å². The number of fused-ring (bicyclic) bond motifs is 1. The van der Waals surface area contributed by atoms with Gasteiger partial charge in [0.2, 0.25) is 0 Å². The summed E-state index contributed by atoms with van der Waals surface area (Å²) in [4.78, 5) is 16.8. The van der Waals surface area contributed by atoms with Crippen LogP contribution in [0.15, 0.2) is 18.7 Å². The van der Waals surface area contributed by atoms with Crippen LogP contribution >= 0.6 is 0 Å². The summed E-state index contributed by atoms with van der Waals surface area (Å²) in [7, 11) is 0. The average Bonchev–Trinajstić information content (AvgIpc) is 2.50. The molecule has 0 atom stereocenters. The lowest BCUT2D eigenvalue weighted by Crippen LogP contribution is -2.31. The summed E-state index contributed by atoms with van der Waals surface area (Å²) < 4.78 is 0. The first-order valence-corrected chi connectivity index (χ1v) is 5.30. The molecule has 84 valence electrons. The van der Waals surface area contributed by atoms with Crippen molar-refractivity contribution in [1.29, 1.82) is 0 Å². The quantitative estimate of drug-likeness (QED) is 0.782. The Morgan fingerprint density at radius 3 is 2.88 bits per heavy atom. The lowest BCUT2D eigenvalue weighted by atomic mass is 10.1. The van der Waals surface area contributed by atoms with Crippen molar-refractivity contribution in [3.05, 3.63) is 35.7 Å². The van der Waals surface area contributed by atoms with E-state index in [0.29, 0.717) is 19.5 Å². The van der Waals surface area contributed by atoms with Gasteiger partial charge in [-0.05, 0) is 24.1 Å². The van der Waals surface area contributed by atoms with E-state index >= 15 is 0 Å². The van der Waals surface area contributed by atoms with Crippen molar-refractivity contribution in [3.8, 4) is 0 Å². The smallest absolute Gasteiger partial charge is 0.407 e. The molecule has 0 aromatic carbocycles. The molecule has 1 amide bonds. The Balaban J connectivity index is 2.23. The van der Waals surface area contributed by atoms with E-state index in [-0.39, 0.29) is 0 Å². The molecule has 1 N–H and O–H groups in total. The van der Waals surface area contributed by atoms with Gasteiger partial charge in [-0.1, -0.05) is 12.6 Å². The second-order valence-electron chi connectivity index (χ2n) is 3.82. The lowest BCUT2D eigenvalue weighted by molar-refractivity contribution is 0.147. The molecule has 0 saturated heterocycles. The van der Waals surface area contributed by atoms with Gasteiger partial charge in [-0.25, -0.2) is 4.79 Å². The third kappa shape index (κ3) is 2.05. The second kappa shape index (κ2) is 4.35. The number of rotatable bonds is 1. The summed E-state index contributed by atoms with van der Waals surface area (Å²) in [5.74, 6) is 0. The van der Waals surface area contributed by atoms with Crippen LogP contribution in [0.3, 0.4) is 0 Å². The highest BCUT2D eigenvalue weighted by Gasteiger charge is 2.18. The lowest BCUT2D eigenvalue weighted by Gasteiger charge is -2.14. The van der Waals surface area contributed by atoms with E-state index in [9.17, 15) is 4.79 Å². The molecule has 0 radical (unpaired) electrons. The number of carboxylic acid groups (broad SMARTS) is 1. The zero-order valence-electron chi connectivity index (χ0n) is 9.02. The zero-order valence-corrected chi connectivity index (χ0v) is 9.02. The maximum atomic E-state index is 10.9. The van der Waals surface area contributed by atoms with Crippen LogP contribution in [0.2, 0.25) is 0 Å². The standard InChI is InChI=1S/C12H14N2O2/c1-2-10-4-3-9-5-7-14(12(15)16)8-6-11(9)13-10/h2-4H,1,5-8H2,(H,15,16). The van der Waals surface area contributed by atoms with Crippen LogP contribution in [0.4, 0.5) is 4.79 Å². The Kier molecular flexibility index (Phi) is 2.90. The molecule has 1 aromatic rings. The van der Waals surface area contributed by atoms with E-state index in [1.807, 2.05) is 12.1 Å². The first-order valence-electron chi connectivity index (χ1n) is 5.30. The molecule has 0 fully saturated rings. The minimum atomic E-state index is -0.850. The summed E-state index contributed by atoms with van der Waals surface area (Å²) in [5, 5.41) is 8.93. The molecule has 0 unspecified atom stereocenters. The molecule has 4 heteroatoms. The number of nitrogens with zero attached hydrogens (tertiary/aromatic N) is 2. The maximum absolute atomic E-state index is 10.9. The molecule has 0 bridgehead atoms. The molecule has 1 aliphatic rings. The second-order valence-corrected chi connectivity index (χ2v) is 3.82. The van der Waals surface area contributed by atoms with Crippen LogP contribution in [-0.2, 0) is 12.8 Å². The fourth-order valence-electron chi connectivity index (χ4n) is 1.90. The van der Waals surface area contributed by atoms with Crippen LogP contribution in [0, 0.1) is 0 Å². The van der Waals surface area contributed by atoms with Gasteiger partial charge in [-0.2, -0.15) is 0 Å². The molecule has 1 aromatic heterocycles. The van der Waals surface area contributed by atoms with E-state index in [0.717, 1.165) is 23.4 Å². The number of hydrogen-bond acceptors (Lipinski definition) is 2. The highest BCUT2D eigenvalue weighted by Crippen LogP contribution is 2.15. The fraction of sp³-hybridized carbons (Fsp3) is 0.333. The molecule has 2 heterocycles. The van der Waals surface area contributed by atoms with E-state index in [1.54, 1.807) is 6.08 Å². The van der Waals surface area contributed by atoms with Crippen molar-refractivity contribution in [2.24, 2.45) is 0 Å². The minimum absolute atomic E-state index is 0.524. The Bertz CT molecular complexity index is 429. The number of amides is 1. The number of carbonyl (C=O) groups is 1. The summed E-state index contributed by atoms with van der Waals surface area (Å²) >= 11 is 0. The van der Waals surface area contributed by atoms with Gasteiger partial charge in [-0.3, -0.25) is 4.98 Å². The molecule has 0 aliphatic carbocycles. The van der Waals surface area contributed by atoms with E-state index in [1.165, 1.54) is 4.90 Å². The topological polar surface area (TPSA) is 53.4 Å². The van der Waals surface area contributed by atoms with Gasteiger partial charge in [0.25, 0.3) is 0 Å². The summed E-state index contributed by atoms with van der Waals surface area (Å²) in [6.45, 7) is 4.76. The van der Waals surface area contributed by atoms with Crippen LogP contribution in [0.5, 0.6) is 0 Å². The van der Waals surface area contributed by atoms with Crippen LogP contribution in [0.1, 0.15) is 17.0 Å². The minimum Gasteiger partial charge on any atom is -0.465 e. The molecule has 1 aliphatic heterocycles. The van der Waals surface area contributed by atoms with E-state index in [4.69, 9.17) is 5.11 Å². The van der Waals surface area contributed by atoms with Crippen molar-refractivity contribution < 1.29 is 9.90 Å². The largest absolute Gasteiger partial charge is 0.465 e. The first-order chi connectivity index (χ1) is 7.70. The molecule has 4 nitrogen and oxygen atoms in total. The number of hydrogen-bond donors (Lipinski definition) is 1. The zero-order chi connectivity index (χ0) is 11.5. The Morgan fingerprint density at radius 2 is 2.19 bits per heavy atom. The first kappa shape index (κ1) is 10.7. The van der Waals surface area contributed by atoms with Gasteiger partial charge in [0.1, 0.15) is 0 Å². The molecular formula is C12H14N2O2. The summed E-state index contributed by atoms with van der Waals surface area (Å²) in [6.07, 6.45) is 2.28. The van der Waals surface area contributed by atoms with Crippen molar-refractivity contribution >= 4 is 12.2 Å². The van der Waals surface area contributed by atoms with Gasteiger partial charge in [0, 0.05) is 25.2 Å². The van der Waals surface area contributed by atoms with Crippen molar-refractivity contribution in [2.45, 2.75) is 12.8 Å². The summed E-state index contributed by atoms with van der Waals surface area (Å²) in [6, 6.07) is 3.94. The highest BCUT2D eigenvalue weighted by atomic mass is 16.4. The van der Waals surface area contributed by atoms with E-state index < -0.39 is 6.09 Å². The van der Waals surface area contributed by atoms with Gasteiger partial charge < -0.3 is 10.0 Å². The number of aromatic nitrogens is 1. The fourth-order valence-corrected chi connectivity index (χ4v) is 1.90. The number of pyridine rings is 1. The highest BCUT2D eigenvalue weighted by molar-refractivity contribution is 5.65. The molecule has 16 heavy (non-hydrogen) atoms. The van der Waals surface area contributed by atoms with Crippen molar-refractivity contribution in [1.82, 2.24) is 9.88 Å². The molecular weight excluding hydrogens is 204 g/mol. The van der Waals surface area contributed by atoms with Crippen molar-refractivity contribution in [3.63, 3.8) is 0 Å². The molecule has 0 saturated carbocycles. The van der Waals surface area contributed by atoms with Crippen LogP contribution < -0.4 is 0 Å². The molecule has 0 spiro atoms. The predicted molar refractivity (Wildman–Crippen MR) is 61.3 cm³/mol. The molecule has 2 rings (SSSR count). The third-order valence-electron chi connectivity index (χ3n) is 2.84. The van der Waals surface area contributed by atoms with Crippen LogP contribution in [-0.4, -0.2) is 34.2 Å². The van der Waals surface area contributed by atoms with Gasteiger partial charge in [0.15, 0.2) is 0 Å². The summed E-state index contributed by atoms with van der Waals surface area (Å²) in [5.41, 5.74) is 3.00. The Morgan fingerprint density at radius 1 is 1.44 bits per heavy atom. The van der Waals surface area contributed by atoms with Gasteiger partial charge >= 0.3 is 6.09 Å². The third-order valence-corrected chi connectivity index (χ3v) is 2.84. The monoisotopic (exact) mass is 218 g/mol. The predicted octanol–water partition coefficient (Wildman–Crippen LogP) is 1.80. The Hall–Kier alpha value is -1.84.